The maximum Gasteiger partial charge on any atom is 0.116 e. The first-order valence-electron chi connectivity index (χ1n) is 5.06. The summed E-state index contributed by atoms with van der Waals surface area (Å²) in [4.78, 5) is 0. The summed E-state index contributed by atoms with van der Waals surface area (Å²) in [6.07, 6.45) is 0. The Hall–Kier alpha value is -1.02. The monoisotopic (exact) mass is 266 g/mol. The first-order chi connectivity index (χ1) is 7.18. The summed E-state index contributed by atoms with van der Waals surface area (Å²) >= 11 is 3.49. The molecule has 80 valence electrons. The summed E-state index contributed by atoms with van der Waals surface area (Å²) in [6, 6.07) is 9.50. The van der Waals surface area contributed by atoms with Gasteiger partial charge in [-0.15, -0.1) is 0 Å². The molecule has 0 aromatic heterocycles. The number of halogens is 1. The van der Waals surface area contributed by atoms with E-state index in [2.05, 4.69) is 15.9 Å². The van der Waals surface area contributed by atoms with Crippen LogP contribution in [0.1, 0.15) is 19.4 Å². The molecule has 1 N–H and O–H groups in total. The Morgan fingerprint density at radius 3 is 2.47 bits per heavy atom. The second-order valence-corrected chi connectivity index (χ2v) is 3.95. The van der Waals surface area contributed by atoms with Gasteiger partial charge in [0.15, 0.2) is 0 Å². The molecule has 0 aliphatic heterocycles. The van der Waals surface area contributed by atoms with E-state index in [0.717, 1.165) is 15.4 Å². The molecule has 0 aliphatic carbocycles. The number of aromatic hydroxyl groups is 1. The van der Waals surface area contributed by atoms with E-state index < -0.39 is 0 Å². The Morgan fingerprint density at radius 2 is 1.80 bits per heavy atom. The first-order valence-corrected chi connectivity index (χ1v) is 5.85. The zero-order valence-electron chi connectivity index (χ0n) is 9.21. The molecule has 2 aromatic rings. The van der Waals surface area contributed by atoms with E-state index >= 15 is 0 Å². The minimum absolute atomic E-state index is 0.322. The van der Waals surface area contributed by atoms with Gasteiger partial charge in [-0.3, -0.25) is 0 Å². The molecule has 2 aromatic carbocycles. The van der Waals surface area contributed by atoms with Crippen molar-refractivity contribution in [2.45, 2.75) is 20.8 Å². The fourth-order valence-corrected chi connectivity index (χ4v) is 2.27. The molecular formula is C13H15BrO. The number of benzene rings is 2. The molecule has 0 fully saturated rings. The lowest BCUT2D eigenvalue weighted by atomic mass is 10.1. The average Bonchev–Trinajstić information content (AvgIpc) is 2.19. The Labute approximate surface area is 98.9 Å². The fourth-order valence-electron chi connectivity index (χ4n) is 1.57. The van der Waals surface area contributed by atoms with Gasteiger partial charge in [0.2, 0.25) is 0 Å². The third-order valence-corrected chi connectivity index (χ3v) is 2.77. The highest BCUT2D eigenvalue weighted by molar-refractivity contribution is 9.10. The molecule has 0 unspecified atom stereocenters. The van der Waals surface area contributed by atoms with Crippen molar-refractivity contribution in [2.24, 2.45) is 0 Å². The zero-order valence-corrected chi connectivity index (χ0v) is 10.8. The largest absolute Gasteiger partial charge is 0.508 e. The summed E-state index contributed by atoms with van der Waals surface area (Å²) < 4.78 is 1.07. The number of hydrogen-bond acceptors (Lipinski definition) is 1. The molecule has 0 aliphatic rings. The molecule has 0 bridgehead atoms. The van der Waals surface area contributed by atoms with E-state index in [9.17, 15) is 5.11 Å². The van der Waals surface area contributed by atoms with Gasteiger partial charge in [-0.2, -0.15) is 0 Å². The number of phenols is 1. The van der Waals surface area contributed by atoms with Gasteiger partial charge in [-0.1, -0.05) is 41.9 Å². The second kappa shape index (κ2) is 5.17. The number of fused-ring (bicyclic) bond motifs is 1. The highest BCUT2D eigenvalue weighted by atomic mass is 79.9. The normalized spacial score (nSPS) is 9.60. The number of rotatable bonds is 0. The third-order valence-electron chi connectivity index (χ3n) is 2.11. The van der Waals surface area contributed by atoms with Gasteiger partial charge in [-0.25, -0.2) is 0 Å². The maximum absolute atomic E-state index is 9.39. The molecule has 2 heteroatoms. The van der Waals surface area contributed by atoms with Crippen molar-refractivity contribution < 1.29 is 5.11 Å². The van der Waals surface area contributed by atoms with Crippen LogP contribution in [0.2, 0.25) is 0 Å². The Bertz CT molecular complexity index is 463. The molecule has 0 heterocycles. The van der Waals surface area contributed by atoms with E-state index in [4.69, 9.17) is 0 Å². The summed E-state index contributed by atoms with van der Waals surface area (Å²) in [6.45, 7) is 5.99. The molecular weight excluding hydrogens is 252 g/mol. The van der Waals surface area contributed by atoms with Crippen molar-refractivity contribution in [3.8, 4) is 5.75 Å². The number of phenolic OH excluding ortho intramolecular Hbond substituents is 1. The molecule has 0 saturated carbocycles. The molecule has 2 rings (SSSR count). The van der Waals surface area contributed by atoms with Gasteiger partial charge < -0.3 is 5.11 Å². The predicted octanol–water partition coefficient (Wildman–Crippen LogP) is 4.64. The minimum Gasteiger partial charge on any atom is -0.508 e. The van der Waals surface area contributed by atoms with Crippen LogP contribution in [0.4, 0.5) is 0 Å². The predicted molar refractivity (Wildman–Crippen MR) is 69.4 cm³/mol. The summed E-state index contributed by atoms with van der Waals surface area (Å²) in [7, 11) is 0. The van der Waals surface area contributed by atoms with E-state index in [1.54, 1.807) is 12.1 Å². The van der Waals surface area contributed by atoms with Crippen LogP contribution in [0.3, 0.4) is 0 Å². The first kappa shape index (κ1) is 12.1. The molecule has 1 nitrogen and oxygen atoms in total. The fraction of sp³-hybridized carbons (Fsp3) is 0.231. The molecule has 15 heavy (non-hydrogen) atoms. The van der Waals surface area contributed by atoms with Gasteiger partial charge in [0, 0.05) is 4.47 Å². The maximum atomic E-state index is 9.39. The van der Waals surface area contributed by atoms with Crippen molar-refractivity contribution in [3.05, 3.63) is 40.4 Å². The van der Waals surface area contributed by atoms with Crippen molar-refractivity contribution in [1.29, 1.82) is 0 Å². The molecule has 0 radical (unpaired) electrons. The van der Waals surface area contributed by atoms with Crippen molar-refractivity contribution in [3.63, 3.8) is 0 Å². The highest BCUT2D eigenvalue weighted by Gasteiger charge is 2.02. The van der Waals surface area contributed by atoms with Gasteiger partial charge >= 0.3 is 0 Å². The van der Waals surface area contributed by atoms with Crippen molar-refractivity contribution in [2.75, 3.05) is 0 Å². The topological polar surface area (TPSA) is 20.2 Å². The number of hydrogen-bond donors (Lipinski definition) is 1. The lowest BCUT2D eigenvalue weighted by Crippen LogP contribution is -1.79. The van der Waals surface area contributed by atoms with Crippen LogP contribution in [0.15, 0.2) is 34.8 Å². The second-order valence-electron chi connectivity index (χ2n) is 3.10. The lowest BCUT2D eigenvalue weighted by molar-refractivity contribution is 0.476. The van der Waals surface area contributed by atoms with E-state index in [1.807, 2.05) is 39.0 Å². The van der Waals surface area contributed by atoms with Crippen LogP contribution in [-0.4, -0.2) is 5.11 Å². The Morgan fingerprint density at radius 1 is 1.13 bits per heavy atom. The van der Waals surface area contributed by atoms with Crippen LogP contribution in [0.25, 0.3) is 10.8 Å². The molecule has 0 saturated heterocycles. The SMILES string of the molecule is CC.Cc1cc(O)cc2cccc(Br)c12. The van der Waals surface area contributed by atoms with E-state index in [-0.39, 0.29) is 0 Å². The van der Waals surface area contributed by atoms with Gasteiger partial charge in [0.05, 0.1) is 0 Å². The average molecular weight is 267 g/mol. The van der Waals surface area contributed by atoms with Crippen molar-refractivity contribution in [1.82, 2.24) is 0 Å². The molecule has 0 atom stereocenters. The standard InChI is InChI=1S/C11H9BrO.C2H6/c1-7-5-9(13)6-8-3-2-4-10(12)11(7)8;1-2/h2-6,13H,1H3;1-2H3. The zero-order chi connectivity index (χ0) is 11.4. The molecule has 0 amide bonds. The Balaban J connectivity index is 0.000000531. The minimum atomic E-state index is 0.322. The van der Waals surface area contributed by atoms with E-state index in [1.165, 1.54) is 5.39 Å². The van der Waals surface area contributed by atoms with Gasteiger partial charge in [0.25, 0.3) is 0 Å². The van der Waals surface area contributed by atoms with Crippen LogP contribution in [-0.2, 0) is 0 Å². The van der Waals surface area contributed by atoms with E-state index in [0.29, 0.717) is 5.75 Å². The smallest absolute Gasteiger partial charge is 0.116 e. The quantitative estimate of drug-likeness (QED) is 0.737. The summed E-state index contributed by atoms with van der Waals surface area (Å²) in [5.41, 5.74) is 1.09. The summed E-state index contributed by atoms with van der Waals surface area (Å²) in [5.74, 6) is 0.322. The summed E-state index contributed by atoms with van der Waals surface area (Å²) in [5, 5.41) is 11.6. The number of aryl methyl sites for hydroxylation is 1. The van der Waals surface area contributed by atoms with Gasteiger partial charge in [-0.05, 0) is 41.5 Å². The van der Waals surface area contributed by atoms with Gasteiger partial charge in [0.1, 0.15) is 5.75 Å². The van der Waals surface area contributed by atoms with Crippen LogP contribution >= 0.6 is 15.9 Å². The molecule has 0 spiro atoms. The highest BCUT2D eigenvalue weighted by Crippen LogP contribution is 2.29. The van der Waals surface area contributed by atoms with Crippen molar-refractivity contribution >= 4 is 26.7 Å². The third kappa shape index (κ3) is 2.51. The van der Waals surface area contributed by atoms with Crippen LogP contribution in [0.5, 0.6) is 5.75 Å². The van der Waals surface area contributed by atoms with Crippen LogP contribution < -0.4 is 0 Å². The van der Waals surface area contributed by atoms with Crippen LogP contribution in [0, 0.1) is 6.92 Å². The lowest BCUT2D eigenvalue weighted by Gasteiger charge is -2.04. The Kier molecular flexibility index (Phi) is 4.15.